The van der Waals surface area contributed by atoms with Gasteiger partial charge in [0, 0.05) is 5.41 Å². The van der Waals surface area contributed by atoms with Crippen LogP contribution in [0.4, 0.5) is 0 Å². The molecule has 1 aliphatic carbocycles. The fourth-order valence-corrected chi connectivity index (χ4v) is 2.15. The minimum Gasteiger partial charge on any atom is -0.393 e. The molecule has 0 aromatic carbocycles. The molecule has 0 aliphatic heterocycles. The van der Waals surface area contributed by atoms with E-state index in [0.717, 1.165) is 0 Å². The van der Waals surface area contributed by atoms with Gasteiger partial charge >= 0.3 is 0 Å². The first-order valence-corrected chi connectivity index (χ1v) is 4.52. The van der Waals surface area contributed by atoms with Crippen molar-refractivity contribution >= 4 is 0 Å². The lowest BCUT2D eigenvalue weighted by atomic mass is 9.72. The number of rotatable bonds is 2. The summed E-state index contributed by atoms with van der Waals surface area (Å²) in [6.07, 6.45) is 2.73. The number of aliphatic hydroxyl groups excluding tert-OH is 1. The minimum absolute atomic E-state index is 0.442. The maximum atomic E-state index is 10.2. The predicted octanol–water partition coefficient (Wildman–Crippen LogP) is 0.447. The lowest BCUT2D eigenvalue weighted by Crippen LogP contribution is -2.58. The second-order valence-electron chi connectivity index (χ2n) is 4.41. The molecule has 3 atom stereocenters. The van der Waals surface area contributed by atoms with Crippen LogP contribution in [0, 0.1) is 5.41 Å². The molecule has 0 aromatic rings. The van der Waals surface area contributed by atoms with Crippen molar-refractivity contribution in [2.45, 2.75) is 37.9 Å². The van der Waals surface area contributed by atoms with Crippen LogP contribution in [0.5, 0.6) is 0 Å². The van der Waals surface area contributed by atoms with Crippen LogP contribution in [0.15, 0.2) is 12.7 Å². The summed E-state index contributed by atoms with van der Waals surface area (Å²) in [5.41, 5.74) is -3.31. The number of hydrogen-bond donors (Lipinski definition) is 3. The molecule has 0 bridgehead atoms. The number of hydrogen-bond acceptors (Lipinski definition) is 3. The van der Waals surface area contributed by atoms with Gasteiger partial charge in [0.1, 0.15) is 5.60 Å². The topological polar surface area (TPSA) is 60.7 Å². The zero-order valence-electron chi connectivity index (χ0n) is 8.25. The molecule has 1 aliphatic rings. The van der Waals surface area contributed by atoms with Crippen LogP contribution < -0.4 is 0 Å². The highest BCUT2D eigenvalue weighted by molar-refractivity contribution is 5.18. The van der Waals surface area contributed by atoms with Crippen LogP contribution in [-0.2, 0) is 0 Å². The summed E-state index contributed by atoms with van der Waals surface area (Å²) >= 11 is 0. The average molecular weight is 186 g/mol. The molecule has 1 rings (SSSR count). The Kier molecular flexibility index (Phi) is 2.31. The largest absolute Gasteiger partial charge is 0.393 e. The molecule has 13 heavy (non-hydrogen) atoms. The Balaban J connectivity index is 3.14. The molecule has 0 radical (unpaired) electrons. The predicted molar refractivity (Wildman–Crippen MR) is 50.2 cm³/mol. The van der Waals surface area contributed by atoms with Crippen LogP contribution in [0.3, 0.4) is 0 Å². The molecule has 0 heterocycles. The summed E-state index contributed by atoms with van der Waals surface area (Å²) in [7, 11) is 0. The van der Waals surface area contributed by atoms with Gasteiger partial charge in [-0.2, -0.15) is 0 Å². The van der Waals surface area contributed by atoms with Gasteiger partial charge in [0.25, 0.3) is 0 Å². The first-order valence-electron chi connectivity index (χ1n) is 4.52. The van der Waals surface area contributed by atoms with Gasteiger partial charge in [-0.05, 0) is 19.8 Å². The molecule has 0 spiro atoms. The monoisotopic (exact) mass is 186 g/mol. The standard InChI is InChI=1S/C10H18O3/c1-4-8(2)5-6-9(3,12)10(8,13)7-11/h4,11-13H,1,5-7H2,2-3H3. The third-order valence-corrected chi connectivity index (χ3v) is 3.65. The second-order valence-corrected chi connectivity index (χ2v) is 4.41. The van der Waals surface area contributed by atoms with E-state index in [1.807, 2.05) is 0 Å². The SMILES string of the molecule is C=CC1(C)CCC(C)(O)C1(O)CO. The summed E-state index contributed by atoms with van der Waals surface area (Å²) in [4.78, 5) is 0. The third kappa shape index (κ3) is 1.15. The Bertz CT molecular complexity index is 224. The van der Waals surface area contributed by atoms with E-state index in [4.69, 9.17) is 5.11 Å². The van der Waals surface area contributed by atoms with E-state index in [1.54, 1.807) is 19.9 Å². The van der Waals surface area contributed by atoms with Gasteiger partial charge < -0.3 is 15.3 Å². The Morgan fingerprint density at radius 1 is 1.31 bits per heavy atom. The molecule has 76 valence electrons. The van der Waals surface area contributed by atoms with Gasteiger partial charge in [-0.3, -0.25) is 0 Å². The van der Waals surface area contributed by atoms with Gasteiger partial charge in [-0.1, -0.05) is 13.0 Å². The fraction of sp³-hybridized carbons (Fsp3) is 0.800. The first-order chi connectivity index (χ1) is 5.83. The van der Waals surface area contributed by atoms with Crippen molar-refractivity contribution in [1.29, 1.82) is 0 Å². The lowest BCUT2D eigenvalue weighted by molar-refractivity contribution is -0.176. The quantitative estimate of drug-likeness (QED) is 0.549. The molecule has 3 nitrogen and oxygen atoms in total. The molecule has 3 unspecified atom stereocenters. The molecule has 3 N–H and O–H groups in total. The van der Waals surface area contributed by atoms with E-state index in [-0.39, 0.29) is 0 Å². The van der Waals surface area contributed by atoms with Gasteiger partial charge in [-0.25, -0.2) is 0 Å². The molecule has 3 heteroatoms. The van der Waals surface area contributed by atoms with Crippen LogP contribution in [0.25, 0.3) is 0 Å². The summed E-state index contributed by atoms with van der Waals surface area (Å²) in [5, 5.41) is 29.3. The fourth-order valence-electron chi connectivity index (χ4n) is 2.15. The van der Waals surface area contributed by atoms with E-state index in [0.29, 0.717) is 12.8 Å². The first kappa shape index (κ1) is 10.7. The third-order valence-electron chi connectivity index (χ3n) is 3.65. The Hall–Kier alpha value is -0.380. The number of aliphatic hydroxyl groups is 3. The molecular weight excluding hydrogens is 168 g/mol. The van der Waals surface area contributed by atoms with E-state index in [9.17, 15) is 10.2 Å². The van der Waals surface area contributed by atoms with Crippen molar-refractivity contribution in [2.24, 2.45) is 5.41 Å². The van der Waals surface area contributed by atoms with Gasteiger partial charge in [0.2, 0.25) is 0 Å². The smallest absolute Gasteiger partial charge is 0.125 e. The summed E-state index contributed by atoms with van der Waals surface area (Å²) < 4.78 is 0. The highest BCUT2D eigenvalue weighted by Crippen LogP contribution is 2.52. The second kappa shape index (κ2) is 2.80. The normalized spacial score (nSPS) is 50.8. The van der Waals surface area contributed by atoms with Crippen LogP contribution in [0.2, 0.25) is 0 Å². The van der Waals surface area contributed by atoms with Gasteiger partial charge in [-0.15, -0.1) is 6.58 Å². The molecule has 1 fully saturated rings. The zero-order valence-corrected chi connectivity index (χ0v) is 8.25. The van der Waals surface area contributed by atoms with Gasteiger partial charge in [0.05, 0.1) is 12.2 Å². The Morgan fingerprint density at radius 2 is 1.85 bits per heavy atom. The molecule has 0 saturated heterocycles. The summed E-state index contributed by atoms with van der Waals surface area (Å²) in [6, 6.07) is 0. The Morgan fingerprint density at radius 3 is 2.15 bits per heavy atom. The highest BCUT2D eigenvalue weighted by atomic mass is 16.4. The van der Waals surface area contributed by atoms with E-state index < -0.39 is 23.2 Å². The van der Waals surface area contributed by atoms with Crippen molar-refractivity contribution in [1.82, 2.24) is 0 Å². The van der Waals surface area contributed by atoms with Crippen molar-refractivity contribution < 1.29 is 15.3 Å². The van der Waals surface area contributed by atoms with Gasteiger partial charge in [0.15, 0.2) is 0 Å². The zero-order chi connectivity index (χ0) is 10.3. The van der Waals surface area contributed by atoms with E-state index in [1.165, 1.54) is 0 Å². The Labute approximate surface area is 78.7 Å². The van der Waals surface area contributed by atoms with Crippen LogP contribution in [0.1, 0.15) is 26.7 Å². The maximum Gasteiger partial charge on any atom is 0.125 e. The van der Waals surface area contributed by atoms with Crippen molar-refractivity contribution in [2.75, 3.05) is 6.61 Å². The molecular formula is C10H18O3. The van der Waals surface area contributed by atoms with Crippen molar-refractivity contribution in [3.05, 3.63) is 12.7 Å². The molecule has 0 aromatic heterocycles. The highest BCUT2D eigenvalue weighted by Gasteiger charge is 2.61. The maximum absolute atomic E-state index is 10.2. The summed E-state index contributed by atoms with van der Waals surface area (Å²) in [6.45, 7) is 6.56. The molecule has 0 amide bonds. The van der Waals surface area contributed by atoms with Crippen LogP contribution >= 0.6 is 0 Å². The lowest BCUT2D eigenvalue weighted by Gasteiger charge is -2.42. The van der Waals surface area contributed by atoms with Crippen molar-refractivity contribution in [3.8, 4) is 0 Å². The van der Waals surface area contributed by atoms with Crippen molar-refractivity contribution in [3.63, 3.8) is 0 Å². The minimum atomic E-state index is -1.47. The van der Waals surface area contributed by atoms with E-state index in [2.05, 4.69) is 6.58 Å². The molecule has 1 saturated carbocycles. The van der Waals surface area contributed by atoms with E-state index >= 15 is 0 Å². The average Bonchev–Trinajstić information content (AvgIpc) is 2.28. The summed E-state index contributed by atoms with van der Waals surface area (Å²) in [5.74, 6) is 0. The van der Waals surface area contributed by atoms with Crippen LogP contribution in [-0.4, -0.2) is 33.1 Å².